The molecule has 3 rings (SSSR count). The van der Waals surface area contributed by atoms with Gasteiger partial charge < -0.3 is 15.3 Å². The third kappa shape index (κ3) is 5.82. The van der Waals surface area contributed by atoms with Crippen molar-refractivity contribution in [1.82, 2.24) is 20.0 Å². The SMILES string of the molecule is CCn1nccc1C1CCN(C(=O)NC(CCC(=O)O)Cc2ccccc2)CC1. The third-order valence-corrected chi connectivity index (χ3v) is 5.61. The van der Waals surface area contributed by atoms with Crippen LogP contribution in [0.5, 0.6) is 0 Å². The first-order valence-corrected chi connectivity index (χ1v) is 10.4. The van der Waals surface area contributed by atoms with Crippen LogP contribution in [0.15, 0.2) is 42.6 Å². The highest BCUT2D eigenvalue weighted by atomic mass is 16.4. The van der Waals surface area contributed by atoms with Crippen LogP contribution >= 0.6 is 0 Å². The van der Waals surface area contributed by atoms with Crippen LogP contribution in [-0.4, -0.2) is 50.9 Å². The monoisotopic (exact) mass is 398 g/mol. The quantitative estimate of drug-likeness (QED) is 0.714. The van der Waals surface area contributed by atoms with Crippen molar-refractivity contribution in [2.45, 2.75) is 57.5 Å². The number of nitrogens with zero attached hydrogens (tertiary/aromatic N) is 3. The Labute approximate surface area is 171 Å². The molecule has 1 aliphatic heterocycles. The topological polar surface area (TPSA) is 87.5 Å². The summed E-state index contributed by atoms with van der Waals surface area (Å²) >= 11 is 0. The smallest absolute Gasteiger partial charge is 0.317 e. The number of aliphatic carboxylic acids is 1. The summed E-state index contributed by atoms with van der Waals surface area (Å²) in [5.74, 6) is -0.417. The molecule has 0 spiro atoms. The number of rotatable bonds is 8. The molecule has 1 aromatic carbocycles. The summed E-state index contributed by atoms with van der Waals surface area (Å²) < 4.78 is 2.03. The minimum absolute atomic E-state index is 0.0425. The fourth-order valence-electron chi connectivity index (χ4n) is 4.02. The van der Waals surface area contributed by atoms with Gasteiger partial charge in [0.1, 0.15) is 0 Å². The molecule has 1 aromatic heterocycles. The molecule has 1 unspecified atom stereocenters. The zero-order valence-electron chi connectivity index (χ0n) is 17.0. The predicted octanol–water partition coefficient (Wildman–Crippen LogP) is 3.27. The van der Waals surface area contributed by atoms with Crippen molar-refractivity contribution < 1.29 is 14.7 Å². The van der Waals surface area contributed by atoms with Gasteiger partial charge in [0.05, 0.1) is 0 Å². The van der Waals surface area contributed by atoms with E-state index in [4.69, 9.17) is 5.11 Å². The first kappa shape index (κ1) is 20.9. The molecule has 0 bridgehead atoms. The Morgan fingerprint density at radius 3 is 2.59 bits per heavy atom. The zero-order valence-corrected chi connectivity index (χ0v) is 17.0. The number of piperidine rings is 1. The molecule has 0 radical (unpaired) electrons. The fraction of sp³-hybridized carbons (Fsp3) is 0.500. The Morgan fingerprint density at radius 1 is 1.21 bits per heavy atom. The van der Waals surface area contributed by atoms with Crippen LogP contribution in [-0.2, 0) is 17.8 Å². The average molecular weight is 399 g/mol. The number of likely N-dealkylation sites (tertiary alicyclic amines) is 1. The van der Waals surface area contributed by atoms with E-state index in [2.05, 4.69) is 23.4 Å². The number of aromatic nitrogens is 2. The molecule has 0 saturated carbocycles. The number of urea groups is 1. The van der Waals surface area contributed by atoms with E-state index in [9.17, 15) is 9.59 Å². The van der Waals surface area contributed by atoms with Gasteiger partial charge in [-0.05, 0) is 44.2 Å². The molecule has 29 heavy (non-hydrogen) atoms. The average Bonchev–Trinajstić information content (AvgIpc) is 3.21. The number of hydrogen-bond donors (Lipinski definition) is 2. The first-order valence-electron chi connectivity index (χ1n) is 10.4. The Balaban J connectivity index is 1.55. The summed E-state index contributed by atoms with van der Waals surface area (Å²) in [6, 6.07) is 11.6. The van der Waals surface area contributed by atoms with Gasteiger partial charge in [-0.1, -0.05) is 30.3 Å². The van der Waals surface area contributed by atoms with E-state index in [1.165, 1.54) is 5.69 Å². The molecule has 2 aromatic rings. The van der Waals surface area contributed by atoms with Crippen LogP contribution in [0.2, 0.25) is 0 Å². The number of carboxylic acid groups (broad SMARTS) is 1. The highest BCUT2D eigenvalue weighted by Gasteiger charge is 2.27. The lowest BCUT2D eigenvalue weighted by Gasteiger charge is -2.33. The van der Waals surface area contributed by atoms with E-state index in [0.29, 0.717) is 31.8 Å². The summed E-state index contributed by atoms with van der Waals surface area (Å²) in [5, 5.41) is 16.5. The van der Waals surface area contributed by atoms with E-state index in [0.717, 1.165) is 24.9 Å². The lowest BCUT2D eigenvalue weighted by Crippen LogP contribution is -2.48. The second kappa shape index (κ2) is 10.1. The van der Waals surface area contributed by atoms with Crippen LogP contribution in [0.4, 0.5) is 4.79 Å². The molecule has 7 heteroatoms. The number of carboxylic acids is 1. The lowest BCUT2D eigenvalue weighted by molar-refractivity contribution is -0.137. The van der Waals surface area contributed by atoms with Gasteiger partial charge in [-0.3, -0.25) is 9.48 Å². The molecule has 2 amide bonds. The van der Waals surface area contributed by atoms with Gasteiger partial charge in [0.25, 0.3) is 0 Å². The van der Waals surface area contributed by atoms with Crippen molar-refractivity contribution in [3.8, 4) is 0 Å². The molecule has 0 aliphatic carbocycles. The van der Waals surface area contributed by atoms with Gasteiger partial charge in [0.15, 0.2) is 0 Å². The van der Waals surface area contributed by atoms with Crippen molar-refractivity contribution >= 4 is 12.0 Å². The van der Waals surface area contributed by atoms with Gasteiger partial charge in [0, 0.05) is 49.9 Å². The Hall–Kier alpha value is -2.83. The molecule has 1 aliphatic rings. The van der Waals surface area contributed by atoms with E-state index in [1.54, 1.807) is 0 Å². The maximum Gasteiger partial charge on any atom is 0.317 e. The van der Waals surface area contributed by atoms with Gasteiger partial charge >= 0.3 is 12.0 Å². The first-order chi connectivity index (χ1) is 14.1. The van der Waals surface area contributed by atoms with Crippen molar-refractivity contribution in [1.29, 1.82) is 0 Å². The molecule has 1 atom stereocenters. The number of carbonyl (C=O) groups excluding carboxylic acids is 1. The minimum atomic E-state index is -0.842. The van der Waals surface area contributed by atoms with Crippen molar-refractivity contribution in [3.05, 3.63) is 53.9 Å². The highest BCUT2D eigenvalue weighted by molar-refractivity contribution is 5.75. The zero-order chi connectivity index (χ0) is 20.6. The minimum Gasteiger partial charge on any atom is -0.481 e. The largest absolute Gasteiger partial charge is 0.481 e. The lowest BCUT2D eigenvalue weighted by atomic mass is 9.93. The van der Waals surface area contributed by atoms with Crippen molar-refractivity contribution in [2.75, 3.05) is 13.1 Å². The van der Waals surface area contributed by atoms with Gasteiger partial charge in [0.2, 0.25) is 0 Å². The van der Waals surface area contributed by atoms with Gasteiger partial charge in [-0.25, -0.2) is 4.79 Å². The second-order valence-corrected chi connectivity index (χ2v) is 7.60. The standard InChI is InChI=1S/C22H30N4O3/c1-2-26-20(10-13-23-26)18-11-14-25(15-12-18)22(29)24-19(8-9-21(27)28)16-17-6-4-3-5-7-17/h3-7,10,13,18-19H,2,8-9,11-12,14-16H2,1H3,(H,24,29)(H,27,28). The van der Waals surface area contributed by atoms with E-state index in [1.807, 2.05) is 46.1 Å². The van der Waals surface area contributed by atoms with Crippen molar-refractivity contribution in [3.63, 3.8) is 0 Å². The number of benzene rings is 1. The molecule has 156 valence electrons. The second-order valence-electron chi connectivity index (χ2n) is 7.60. The molecular formula is C22H30N4O3. The number of nitrogens with one attached hydrogen (secondary N) is 1. The maximum atomic E-state index is 12.8. The molecule has 2 heterocycles. The van der Waals surface area contributed by atoms with Gasteiger partial charge in [-0.15, -0.1) is 0 Å². The normalized spacial score (nSPS) is 15.8. The number of carbonyl (C=O) groups is 2. The fourth-order valence-corrected chi connectivity index (χ4v) is 4.02. The summed E-state index contributed by atoms with van der Waals surface area (Å²) in [4.78, 5) is 25.7. The highest BCUT2D eigenvalue weighted by Crippen LogP contribution is 2.28. The van der Waals surface area contributed by atoms with E-state index >= 15 is 0 Å². The third-order valence-electron chi connectivity index (χ3n) is 5.61. The summed E-state index contributed by atoms with van der Waals surface area (Å²) in [5.41, 5.74) is 2.34. The summed E-state index contributed by atoms with van der Waals surface area (Å²) in [6.07, 6.45) is 4.76. The molecule has 7 nitrogen and oxygen atoms in total. The van der Waals surface area contributed by atoms with Crippen LogP contribution in [0.3, 0.4) is 0 Å². The Kier molecular flexibility index (Phi) is 7.27. The van der Waals surface area contributed by atoms with Crippen molar-refractivity contribution in [2.24, 2.45) is 0 Å². The van der Waals surface area contributed by atoms with Crippen LogP contribution in [0.1, 0.15) is 49.8 Å². The summed E-state index contributed by atoms with van der Waals surface area (Å²) in [6.45, 7) is 4.33. The number of aryl methyl sites for hydroxylation is 1. The molecule has 1 fully saturated rings. The molecule has 1 saturated heterocycles. The number of hydrogen-bond acceptors (Lipinski definition) is 3. The number of amides is 2. The maximum absolute atomic E-state index is 12.8. The predicted molar refractivity (Wildman–Crippen MR) is 111 cm³/mol. The molecule has 2 N–H and O–H groups in total. The van der Waals surface area contributed by atoms with Crippen LogP contribution < -0.4 is 5.32 Å². The Bertz CT molecular complexity index is 797. The summed E-state index contributed by atoms with van der Waals surface area (Å²) in [7, 11) is 0. The van der Waals surface area contributed by atoms with Crippen LogP contribution in [0.25, 0.3) is 0 Å². The Morgan fingerprint density at radius 2 is 1.93 bits per heavy atom. The van der Waals surface area contributed by atoms with Crippen LogP contribution in [0, 0.1) is 0 Å². The van der Waals surface area contributed by atoms with Gasteiger partial charge in [-0.2, -0.15) is 5.10 Å². The molecular weight excluding hydrogens is 368 g/mol. The van der Waals surface area contributed by atoms with E-state index < -0.39 is 5.97 Å². The van der Waals surface area contributed by atoms with E-state index in [-0.39, 0.29) is 18.5 Å².